The topological polar surface area (TPSA) is 102 Å². The van der Waals surface area contributed by atoms with E-state index >= 15 is 0 Å². The van der Waals surface area contributed by atoms with Gasteiger partial charge in [-0.05, 0) is 82.2 Å². The summed E-state index contributed by atoms with van der Waals surface area (Å²) in [6.45, 7) is 10.9. The van der Waals surface area contributed by atoms with E-state index in [0.29, 0.717) is 67.0 Å². The molecule has 0 radical (unpaired) electrons. The highest BCUT2D eigenvalue weighted by atomic mass is 32.2. The lowest BCUT2D eigenvalue weighted by Gasteiger charge is -2.43. The van der Waals surface area contributed by atoms with Gasteiger partial charge in [-0.1, -0.05) is 12.1 Å². The maximum atomic E-state index is 13.0. The molecule has 2 heterocycles. The van der Waals surface area contributed by atoms with E-state index in [4.69, 9.17) is 9.47 Å². The molecule has 2 aliphatic rings. The van der Waals surface area contributed by atoms with Crippen LogP contribution in [-0.4, -0.2) is 73.1 Å². The molecule has 0 N–H and O–H groups in total. The van der Waals surface area contributed by atoms with Gasteiger partial charge in [-0.25, -0.2) is 4.79 Å². The second-order valence-corrected chi connectivity index (χ2v) is 12.9. The van der Waals surface area contributed by atoms with Crippen LogP contribution in [0.3, 0.4) is 0 Å². The molecule has 2 aliphatic heterocycles. The van der Waals surface area contributed by atoms with Gasteiger partial charge in [-0.2, -0.15) is 21.6 Å². The van der Waals surface area contributed by atoms with Gasteiger partial charge in [0.15, 0.2) is 0 Å². The molecule has 0 aliphatic carbocycles. The van der Waals surface area contributed by atoms with Crippen LogP contribution in [0.15, 0.2) is 48.5 Å². The highest BCUT2D eigenvalue weighted by molar-refractivity contribution is 7.88. The van der Waals surface area contributed by atoms with Crippen molar-refractivity contribution in [3.63, 3.8) is 0 Å². The number of carbonyl (C=O) groups is 2. The summed E-state index contributed by atoms with van der Waals surface area (Å²) in [5, 5.41) is 0. The second-order valence-electron chi connectivity index (χ2n) is 11.4. The first-order valence-corrected chi connectivity index (χ1v) is 15.3. The monoisotopic (exact) mass is 624 g/mol. The summed E-state index contributed by atoms with van der Waals surface area (Å²) in [6, 6.07) is 10.4. The van der Waals surface area contributed by atoms with Crippen molar-refractivity contribution in [3.05, 3.63) is 65.2 Å². The fourth-order valence-electron chi connectivity index (χ4n) is 4.99. The van der Waals surface area contributed by atoms with E-state index in [1.807, 2.05) is 19.9 Å². The fourth-order valence-corrected chi connectivity index (χ4v) is 5.44. The normalized spacial score (nSPS) is 16.6. The fraction of sp³-hybridized carbons (Fsp3) is 0.467. The zero-order valence-corrected chi connectivity index (χ0v) is 25.5. The quantitative estimate of drug-likeness (QED) is 0.287. The third-order valence-corrected chi connectivity index (χ3v) is 8.19. The Hall–Kier alpha value is -3.74. The Morgan fingerprint density at radius 2 is 1.60 bits per heavy atom. The Bertz CT molecular complexity index is 1500. The predicted octanol–water partition coefficient (Wildman–Crippen LogP) is 5.99. The molecular formula is C30H35F3N2O7S. The van der Waals surface area contributed by atoms with Gasteiger partial charge in [0.25, 0.3) is 5.91 Å². The molecule has 2 aromatic rings. The number of hydrogen-bond donors (Lipinski definition) is 0. The molecular weight excluding hydrogens is 589 g/mol. The first kappa shape index (κ1) is 32.2. The molecule has 0 unspecified atom stereocenters. The Balaban J connectivity index is 1.71. The van der Waals surface area contributed by atoms with Gasteiger partial charge in [0.2, 0.25) is 0 Å². The zero-order chi connectivity index (χ0) is 31.8. The van der Waals surface area contributed by atoms with Crippen LogP contribution in [0, 0.1) is 0 Å². The number of rotatable bonds is 6. The number of hydrogen-bond acceptors (Lipinski definition) is 7. The number of amides is 2. The lowest BCUT2D eigenvalue weighted by molar-refractivity contribution is -0.0500. The highest BCUT2D eigenvalue weighted by Gasteiger charge is 2.49. The molecule has 4 rings (SSSR count). The minimum Gasteiger partial charge on any atom is -0.482 e. The number of benzene rings is 2. The molecule has 1 fully saturated rings. The number of nitrogens with zero attached hydrogens (tertiary/aromatic N) is 2. The molecule has 0 aromatic heterocycles. The molecule has 1 spiro atoms. The predicted molar refractivity (Wildman–Crippen MR) is 153 cm³/mol. The number of alkyl halides is 3. The molecule has 13 heteroatoms. The first-order chi connectivity index (χ1) is 20.0. The van der Waals surface area contributed by atoms with E-state index in [1.165, 1.54) is 12.1 Å². The average Bonchev–Trinajstić information content (AvgIpc) is 2.92. The summed E-state index contributed by atoms with van der Waals surface area (Å²) in [4.78, 5) is 28.8. The average molecular weight is 625 g/mol. The van der Waals surface area contributed by atoms with Gasteiger partial charge in [-0.3, -0.25) is 4.79 Å². The van der Waals surface area contributed by atoms with Gasteiger partial charge in [0.1, 0.15) is 22.7 Å². The molecule has 2 aromatic carbocycles. The van der Waals surface area contributed by atoms with Crippen molar-refractivity contribution in [3.8, 4) is 11.5 Å². The van der Waals surface area contributed by atoms with Crippen molar-refractivity contribution in [2.75, 3.05) is 26.2 Å². The smallest absolute Gasteiger partial charge is 0.482 e. The van der Waals surface area contributed by atoms with Crippen molar-refractivity contribution in [1.29, 1.82) is 0 Å². The first-order valence-electron chi connectivity index (χ1n) is 13.9. The summed E-state index contributed by atoms with van der Waals surface area (Å²) < 4.78 is 78.7. The number of ether oxygens (including phenoxy) is 2. The number of likely N-dealkylation sites (tertiary alicyclic amines) is 1. The van der Waals surface area contributed by atoms with Crippen molar-refractivity contribution < 1.29 is 44.8 Å². The van der Waals surface area contributed by atoms with Crippen LogP contribution in [0.2, 0.25) is 0 Å². The molecule has 0 saturated carbocycles. The van der Waals surface area contributed by atoms with Crippen molar-refractivity contribution in [1.82, 2.24) is 9.80 Å². The SMILES string of the molecule is CCN(CC)C(=O)c1ccc(C2=CC3(CCN(C(=O)OC(C)(C)C)CC3)Oc3ccc(OS(=O)(=O)C(F)(F)F)cc32)cc1. The zero-order valence-electron chi connectivity index (χ0n) is 24.7. The van der Waals surface area contributed by atoms with Crippen molar-refractivity contribution in [2.45, 2.75) is 64.2 Å². The van der Waals surface area contributed by atoms with Gasteiger partial charge in [0, 0.05) is 50.1 Å². The van der Waals surface area contributed by atoms with E-state index in [-0.39, 0.29) is 5.91 Å². The second kappa shape index (κ2) is 11.7. The minimum atomic E-state index is -5.89. The standard InChI is InChI=1S/C30H35F3N2O7S/c1-6-34(7-2)26(36)21-10-8-20(9-11-21)24-19-29(14-16-35(17-15-29)27(37)41-28(3,4)5)40-25-13-12-22(18-23(24)25)42-43(38,39)30(31,32)33/h8-13,18-19H,6-7,14-17H2,1-5H3. The number of fused-ring (bicyclic) bond motifs is 1. The van der Waals surface area contributed by atoms with Crippen molar-refractivity contribution >= 4 is 27.7 Å². The molecule has 0 atom stereocenters. The Labute approximate surface area is 249 Å². The summed E-state index contributed by atoms with van der Waals surface area (Å²) in [6.07, 6.45) is 2.19. The van der Waals surface area contributed by atoms with E-state index < -0.39 is 38.7 Å². The van der Waals surface area contributed by atoms with E-state index in [0.717, 1.165) is 6.07 Å². The van der Waals surface area contributed by atoms with Gasteiger partial charge in [0.05, 0.1) is 0 Å². The Morgan fingerprint density at radius 3 is 2.14 bits per heavy atom. The molecule has 0 bridgehead atoms. The van der Waals surface area contributed by atoms with Crippen LogP contribution >= 0.6 is 0 Å². The minimum absolute atomic E-state index is 0.142. The largest absolute Gasteiger partial charge is 0.534 e. The molecule has 1 saturated heterocycles. The van der Waals surface area contributed by atoms with Crippen LogP contribution in [0.5, 0.6) is 11.5 Å². The lowest BCUT2D eigenvalue weighted by Crippen LogP contribution is -2.50. The maximum Gasteiger partial charge on any atom is 0.534 e. The third kappa shape index (κ3) is 7.09. The summed E-state index contributed by atoms with van der Waals surface area (Å²) in [5.41, 5.74) is -5.15. The number of carbonyl (C=O) groups excluding carboxylic acids is 2. The van der Waals surface area contributed by atoms with Crippen molar-refractivity contribution in [2.24, 2.45) is 0 Å². The Kier molecular flexibility index (Phi) is 8.79. The lowest BCUT2D eigenvalue weighted by atomic mass is 9.82. The number of piperidine rings is 1. The van der Waals surface area contributed by atoms with E-state index in [9.17, 15) is 31.2 Å². The molecule has 43 heavy (non-hydrogen) atoms. The summed E-state index contributed by atoms with van der Waals surface area (Å²) >= 11 is 0. The summed E-state index contributed by atoms with van der Waals surface area (Å²) in [5.74, 6) is -0.366. The Morgan fingerprint density at radius 1 is 1.00 bits per heavy atom. The van der Waals surface area contributed by atoms with Gasteiger partial charge < -0.3 is 23.5 Å². The van der Waals surface area contributed by atoms with Gasteiger partial charge >= 0.3 is 21.7 Å². The van der Waals surface area contributed by atoms with Crippen LogP contribution in [0.4, 0.5) is 18.0 Å². The third-order valence-electron chi connectivity index (χ3n) is 7.21. The molecule has 9 nitrogen and oxygen atoms in total. The van der Waals surface area contributed by atoms with Crippen LogP contribution in [0.25, 0.3) is 5.57 Å². The van der Waals surface area contributed by atoms with Crippen LogP contribution in [-0.2, 0) is 14.9 Å². The molecule has 234 valence electrons. The van der Waals surface area contributed by atoms with Gasteiger partial charge in [-0.15, -0.1) is 0 Å². The van der Waals surface area contributed by atoms with Crippen LogP contribution < -0.4 is 8.92 Å². The van der Waals surface area contributed by atoms with Crippen LogP contribution in [0.1, 0.15) is 68.9 Å². The summed E-state index contributed by atoms with van der Waals surface area (Å²) in [7, 11) is -5.89. The highest BCUT2D eigenvalue weighted by Crippen LogP contribution is 2.45. The molecule has 2 amide bonds. The van der Waals surface area contributed by atoms with E-state index in [1.54, 1.807) is 54.8 Å². The number of halogens is 3. The maximum absolute atomic E-state index is 13.0. The van der Waals surface area contributed by atoms with E-state index in [2.05, 4.69) is 4.18 Å².